The minimum absolute atomic E-state index is 0. The van der Waals surface area contributed by atoms with Crippen LogP contribution in [0, 0.1) is 6.92 Å². The zero-order chi connectivity index (χ0) is 9.35. The Morgan fingerprint density at radius 3 is 2.31 bits per heavy atom. The van der Waals surface area contributed by atoms with Crippen LogP contribution in [0.1, 0.15) is 5.56 Å². The molecular weight excluding hydrogens is 217 g/mol. The topological polar surface area (TPSA) is 60.2 Å². The highest BCUT2D eigenvalue weighted by Crippen LogP contribution is 2.18. The first-order valence-corrected chi connectivity index (χ1v) is 4.60. The molecule has 0 bridgehead atoms. The quantitative estimate of drug-likeness (QED) is 0.584. The van der Waals surface area contributed by atoms with Crippen LogP contribution in [-0.2, 0) is 10.2 Å². The number of hydrogen-bond acceptors (Lipinski definition) is 3. The van der Waals surface area contributed by atoms with Crippen LogP contribution in [0.15, 0.2) is 23.1 Å². The second-order valence-corrected chi connectivity index (χ2v) is 3.80. The molecule has 0 radical (unpaired) electrons. The Morgan fingerprint density at radius 1 is 1.38 bits per heavy atom. The second kappa shape index (κ2) is 3.93. The molecule has 0 aromatic heterocycles. The van der Waals surface area contributed by atoms with Gasteiger partial charge < -0.3 is 5.73 Å². The van der Waals surface area contributed by atoms with E-state index in [0.29, 0.717) is 0 Å². The summed E-state index contributed by atoms with van der Waals surface area (Å²) in [5.41, 5.74) is 6.38. The maximum absolute atomic E-state index is 12.3. The Hall–Kier alpha value is -0.810. The Labute approximate surface area is 82.4 Å². The lowest BCUT2D eigenvalue weighted by Gasteiger charge is -2.00. The number of benzene rings is 1. The van der Waals surface area contributed by atoms with Crippen molar-refractivity contribution >= 4 is 28.3 Å². The van der Waals surface area contributed by atoms with Crippen LogP contribution in [0.4, 0.5) is 9.57 Å². The van der Waals surface area contributed by atoms with Gasteiger partial charge in [-0.1, -0.05) is 6.07 Å². The summed E-state index contributed by atoms with van der Waals surface area (Å²) in [6.45, 7) is 1.71. The van der Waals surface area contributed by atoms with Crippen molar-refractivity contribution in [2.75, 3.05) is 5.73 Å². The third-order valence-electron chi connectivity index (χ3n) is 1.53. The van der Waals surface area contributed by atoms with E-state index in [1.54, 1.807) is 6.92 Å². The molecule has 0 aliphatic heterocycles. The summed E-state index contributed by atoms with van der Waals surface area (Å²) in [6.07, 6.45) is 0. The van der Waals surface area contributed by atoms with Gasteiger partial charge in [-0.2, -0.15) is 8.42 Å². The van der Waals surface area contributed by atoms with Gasteiger partial charge in [0, 0.05) is 5.69 Å². The summed E-state index contributed by atoms with van der Waals surface area (Å²) in [6, 6.07) is 3.74. The lowest BCUT2D eigenvalue weighted by atomic mass is 10.2. The Morgan fingerprint density at radius 2 is 1.92 bits per heavy atom. The van der Waals surface area contributed by atoms with Crippen LogP contribution in [0.3, 0.4) is 0 Å². The molecule has 0 fully saturated rings. The van der Waals surface area contributed by atoms with E-state index >= 15 is 0 Å². The van der Waals surface area contributed by atoms with Crippen molar-refractivity contribution in [1.29, 1.82) is 0 Å². The van der Waals surface area contributed by atoms with Gasteiger partial charge in [-0.3, -0.25) is 0 Å². The standard InChI is InChI=1S/C7H8FNO2S.ClH/c1-5-2-3-6(4-7(5)9)12(8,10)11;/h2-4H,9H2,1H3;1H. The van der Waals surface area contributed by atoms with Crippen molar-refractivity contribution < 1.29 is 12.3 Å². The third-order valence-corrected chi connectivity index (χ3v) is 2.35. The molecule has 0 atom stereocenters. The summed E-state index contributed by atoms with van der Waals surface area (Å²) in [5.74, 6) is 0. The molecule has 0 saturated heterocycles. The molecule has 1 aromatic carbocycles. The molecule has 2 N–H and O–H groups in total. The molecule has 0 unspecified atom stereocenters. The largest absolute Gasteiger partial charge is 0.398 e. The van der Waals surface area contributed by atoms with Crippen molar-refractivity contribution in [1.82, 2.24) is 0 Å². The SMILES string of the molecule is Cc1ccc(S(=O)(=O)F)cc1N.Cl. The van der Waals surface area contributed by atoms with Gasteiger partial charge in [-0.05, 0) is 24.6 Å². The fraction of sp³-hybridized carbons (Fsp3) is 0.143. The van der Waals surface area contributed by atoms with E-state index in [0.717, 1.165) is 11.6 Å². The van der Waals surface area contributed by atoms with E-state index in [9.17, 15) is 12.3 Å². The van der Waals surface area contributed by atoms with E-state index in [4.69, 9.17) is 5.73 Å². The van der Waals surface area contributed by atoms with E-state index in [1.807, 2.05) is 0 Å². The number of anilines is 1. The van der Waals surface area contributed by atoms with E-state index in [1.165, 1.54) is 12.1 Å². The molecule has 0 saturated carbocycles. The fourth-order valence-electron chi connectivity index (χ4n) is 0.770. The molecule has 1 aromatic rings. The number of halogens is 2. The van der Waals surface area contributed by atoms with Crippen LogP contribution in [0.2, 0.25) is 0 Å². The van der Waals surface area contributed by atoms with Gasteiger partial charge in [0.1, 0.15) is 4.90 Å². The van der Waals surface area contributed by atoms with Crippen LogP contribution in [-0.4, -0.2) is 8.42 Å². The molecule has 13 heavy (non-hydrogen) atoms. The molecule has 74 valence electrons. The molecule has 6 heteroatoms. The van der Waals surface area contributed by atoms with Gasteiger partial charge >= 0.3 is 10.2 Å². The summed E-state index contributed by atoms with van der Waals surface area (Å²) >= 11 is 0. The van der Waals surface area contributed by atoms with Crippen molar-refractivity contribution in [3.05, 3.63) is 23.8 Å². The second-order valence-electron chi connectivity index (χ2n) is 2.46. The van der Waals surface area contributed by atoms with Gasteiger partial charge in [-0.25, -0.2) is 0 Å². The highest BCUT2D eigenvalue weighted by Gasteiger charge is 2.11. The molecule has 1 rings (SSSR count). The van der Waals surface area contributed by atoms with Crippen LogP contribution >= 0.6 is 12.4 Å². The summed E-state index contributed by atoms with van der Waals surface area (Å²) < 4.78 is 33.1. The van der Waals surface area contributed by atoms with Crippen molar-refractivity contribution in [2.24, 2.45) is 0 Å². The van der Waals surface area contributed by atoms with Crippen LogP contribution in [0.5, 0.6) is 0 Å². The molecule has 0 aliphatic carbocycles. The zero-order valence-corrected chi connectivity index (χ0v) is 8.45. The Kier molecular flexibility index (Phi) is 3.69. The maximum Gasteiger partial charge on any atom is 0.332 e. The van der Waals surface area contributed by atoms with Crippen molar-refractivity contribution in [3.63, 3.8) is 0 Å². The molecule has 0 aliphatic rings. The number of rotatable bonds is 1. The smallest absolute Gasteiger partial charge is 0.332 e. The van der Waals surface area contributed by atoms with Gasteiger partial charge in [0.05, 0.1) is 0 Å². The third kappa shape index (κ3) is 2.86. The lowest BCUT2D eigenvalue weighted by molar-refractivity contribution is 0.552. The van der Waals surface area contributed by atoms with E-state index in [-0.39, 0.29) is 18.1 Å². The Bertz CT molecular complexity index is 405. The first kappa shape index (κ1) is 12.2. The van der Waals surface area contributed by atoms with Gasteiger partial charge in [0.25, 0.3) is 0 Å². The van der Waals surface area contributed by atoms with Crippen molar-refractivity contribution in [3.8, 4) is 0 Å². The monoisotopic (exact) mass is 225 g/mol. The fourth-order valence-corrected chi connectivity index (χ4v) is 1.27. The first-order chi connectivity index (χ1) is 5.41. The lowest BCUT2D eigenvalue weighted by Crippen LogP contribution is -1.95. The van der Waals surface area contributed by atoms with Gasteiger partial charge in [0.15, 0.2) is 0 Å². The highest BCUT2D eigenvalue weighted by atomic mass is 35.5. The average Bonchev–Trinajstić information content (AvgIpc) is 1.92. The number of nitrogens with two attached hydrogens (primary N) is 1. The molecule has 3 nitrogen and oxygen atoms in total. The number of hydrogen-bond donors (Lipinski definition) is 1. The molecular formula is C7H9ClFNO2S. The number of nitrogen functional groups attached to an aromatic ring is 1. The van der Waals surface area contributed by atoms with Crippen LogP contribution < -0.4 is 5.73 Å². The summed E-state index contributed by atoms with van der Waals surface area (Å²) in [4.78, 5) is -0.398. The average molecular weight is 226 g/mol. The molecule has 0 amide bonds. The van der Waals surface area contributed by atoms with Gasteiger partial charge in [0.2, 0.25) is 0 Å². The predicted molar refractivity (Wildman–Crippen MR) is 51.1 cm³/mol. The van der Waals surface area contributed by atoms with Crippen LogP contribution in [0.25, 0.3) is 0 Å². The minimum Gasteiger partial charge on any atom is -0.398 e. The minimum atomic E-state index is -4.62. The van der Waals surface area contributed by atoms with E-state index in [2.05, 4.69) is 0 Å². The zero-order valence-electron chi connectivity index (χ0n) is 6.82. The maximum atomic E-state index is 12.3. The summed E-state index contributed by atoms with van der Waals surface area (Å²) in [7, 11) is -4.62. The molecule has 0 heterocycles. The first-order valence-electron chi connectivity index (χ1n) is 3.22. The predicted octanol–water partition coefficient (Wildman–Crippen LogP) is 1.66. The number of aryl methyl sites for hydroxylation is 1. The summed E-state index contributed by atoms with van der Waals surface area (Å²) in [5, 5.41) is 0. The van der Waals surface area contributed by atoms with Gasteiger partial charge in [-0.15, -0.1) is 16.3 Å². The van der Waals surface area contributed by atoms with Crippen molar-refractivity contribution in [2.45, 2.75) is 11.8 Å². The Balaban J connectivity index is 0.00000144. The van der Waals surface area contributed by atoms with E-state index < -0.39 is 15.1 Å². The highest BCUT2D eigenvalue weighted by molar-refractivity contribution is 7.86. The normalized spacial score (nSPS) is 10.6. The molecule has 0 spiro atoms.